The molecular formula is C16H19N3O2S2. The van der Waals surface area contributed by atoms with E-state index in [0.717, 1.165) is 21.2 Å². The first-order valence-corrected chi connectivity index (χ1v) is 8.92. The quantitative estimate of drug-likeness (QED) is 0.467. The zero-order chi connectivity index (χ0) is 16.8. The Morgan fingerprint density at radius 2 is 2.26 bits per heavy atom. The number of anilines is 1. The van der Waals surface area contributed by atoms with Crippen LogP contribution in [0.3, 0.4) is 0 Å². The summed E-state index contributed by atoms with van der Waals surface area (Å²) < 4.78 is 6.55. The number of aryl methyl sites for hydroxylation is 1. The van der Waals surface area contributed by atoms with E-state index in [1.165, 1.54) is 23.1 Å². The first-order chi connectivity index (χ1) is 11.0. The number of carbonyl (C=O) groups is 1. The van der Waals surface area contributed by atoms with Crippen LogP contribution in [-0.2, 0) is 4.79 Å². The number of aromatic nitrogens is 2. The predicted molar refractivity (Wildman–Crippen MR) is 95.5 cm³/mol. The van der Waals surface area contributed by atoms with E-state index < -0.39 is 6.10 Å². The largest absolute Gasteiger partial charge is 0.481 e. The van der Waals surface area contributed by atoms with E-state index in [1.807, 2.05) is 32.0 Å². The Hall–Kier alpha value is -1.86. The van der Waals surface area contributed by atoms with E-state index in [9.17, 15) is 4.79 Å². The normalized spacial score (nSPS) is 11.8. The smallest absolute Gasteiger partial charge is 0.266 e. The number of carbonyl (C=O) groups excluding carboxylic acids is 1. The van der Waals surface area contributed by atoms with Gasteiger partial charge < -0.3 is 4.74 Å². The van der Waals surface area contributed by atoms with Crippen molar-refractivity contribution in [2.75, 3.05) is 11.1 Å². The predicted octanol–water partition coefficient (Wildman–Crippen LogP) is 3.84. The van der Waals surface area contributed by atoms with Gasteiger partial charge in [0.1, 0.15) is 5.75 Å². The molecule has 1 amide bonds. The lowest BCUT2D eigenvalue weighted by Crippen LogP contribution is -2.30. The summed E-state index contributed by atoms with van der Waals surface area (Å²) in [7, 11) is 0. The maximum absolute atomic E-state index is 12.2. The van der Waals surface area contributed by atoms with Gasteiger partial charge >= 0.3 is 0 Å². The molecule has 1 aromatic carbocycles. The van der Waals surface area contributed by atoms with Gasteiger partial charge in [0.05, 0.1) is 0 Å². The molecule has 0 aliphatic rings. The van der Waals surface area contributed by atoms with Crippen molar-refractivity contribution in [1.82, 2.24) is 10.2 Å². The highest BCUT2D eigenvalue weighted by atomic mass is 32.2. The molecule has 0 fully saturated rings. The Labute approximate surface area is 144 Å². The van der Waals surface area contributed by atoms with Crippen molar-refractivity contribution in [3.05, 3.63) is 42.0 Å². The van der Waals surface area contributed by atoms with Gasteiger partial charge in [0, 0.05) is 5.75 Å². The molecule has 1 atom stereocenters. The second kappa shape index (κ2) is 8.12. The lowest BCUT2D eigenvalue weighted by Gasteiger charge is -2.16. The number of rotatable bonds is 7. The first-order valence-electron chi connectivity index (χ1n) is 7.12. The first kappa shape index (κ1) is 17.5. The zero-order valence-electron chi connectivity index (χ0n) is 13.3. The molecule has 0 unspecified atom stereocenters. The van der Waals surface area contributed by atoms with Crippen molar-refractivity contribution in [3.63, 3.8) is 0 Å². The van der Waals surface area contributed by atoms with Crippen LogP contribution in [0.2, 0.25) is 0 Å². The van der Waals surface area contributed by atoms with Crippen LogP contribution in [0.15, 0.2) is 35.2 Å². The Kier molecular flexibility index (Phi) is 6.18. The summed E-state index contributed by atoms with van der Waals surface area (Å²) in [6.07, 6.45) is 1.17. The van der Waals surface area contributed by atoms with Crippen LogP contribution in [-0.4, -0.2) is 28.0 Å². The summed E-state index contributed by atoms with van der Waals surface area (Å²) in [5, 5.41) is 11.2. The van der Waals surface area contributed by atoms with Crippen LogP contribution in [0.4, 0.5) is 5.13 Å². The molecule has 2 rings (SSSR count). The summed E-state index contributed by atoms with van der Waals surface area (Å²) >= 11 is 2.86. The average Bonchev–Trinajstić information content (AvgIpc) is 2.97. The minimum absolute atomic E-state index is 0.248. The van der Waals surface area contributed by atoms with Crippen LogP contribution in [0.25, 0.3) is 0 Å². The number of hydrogen-bond donors (Lipinski definition) is 1. The third-order valence-corrected chi connectivity index (χ3v) is 5.16. The van der Waals surface area contributed by atoms with E-state index in [0.29, 0.717) is 10.9 Å². The molecule has 1 heterocycles. The van der Waals surface area contributed by atoms with Crippen LogP contribution >= 0.6 is 23.1 Å². The fraction of sp³-hybridized carbons (Fsp3) is 0.312. The molecule has 0 aliphatic carbocycles. The van der Waals surface area contributed by atoms with Gasteiger partial charge in [-0.25, -0.2) is 0 Å². The monoisotopic (exact) mass is 349 g/mol. The second-order valence-electron chi connectivity index (χ2n) is 4.92. The van der Waals surface area contributed by atoms with Gasteiger partial charge in [-0.15, -0.1) is 16.8 Å². The fourth-order valence-electron chi connectivity index (χ4n) is 1.75. The highest BCUT2D eigenvalue weighted by Gasteiger charge is 2.18. The fourth-order valence-corrected chi connectivity index (χ4v) is 3.27. The lowest BCUT2D eigenvalue weighted by molar-refractivity contribution is -0.122. The van der Waals surface area contributed by atoms with Crippen molar-refractivity contribution in [2.24, 2.45) is 0 Å². The molecule has 122 valence electrons. The van der Waals surface area contributed by atoms with Gasteiger partial charge in [-0.1, -0.05) is 41.3 Å². The molecule has 1 N–H and O–H groups in total. The molecule has 0 spiro atoms. The third kappa shape index (κ3) is 4.80. The maximum Gasteiger partial charge on any atom is 0.266 e. The van der Waals surface area contributed by atoms with Crippen LogP contribution in [0, 0.1) is 13.8 Å². The number of amides is 1. The molecule has 0 radical (unpaired) electrons. The van der Waals surface area contributed by atoms with Gasteiger partial charge in [0.25, 0.3) is 5.91 Å². The molecule has 0 aliphatic heterocycles. The van der Waals surface area contributed by atoms with Crippen molar-refractivity contribution in [3.8, 4) is 5.75 Å². The Morgan fingerprint density at radius 3 is 3.00 bits per heavy atom. The summed E-state index contributed by atoms with van der Waals surface area (Å²) in [4.78, 5) is 12.2. The highest BCUT2D eigenvalue weighted by Crippen LogP contribution is 2.26. The number of ether oxygens (including phenoxy) is 1. The molecule has 1 aromatic heterocycles. The standard InChI is InChI=1S/C16H19N3O2S2/c1-5-9-22-16-19-18-15(23-16)17-14(20)12(4)21-13-8-6-7-10(2)11(13)3/h5-8,12H,1,9H2,2-4H3,(H,17,18,20)/t12-/m1/s1. The SMILES string of the molecule is C=CCSc1nnc(NC(=O)[C@@H](C)Oc2cccc(C)c2C)s1. The molecule has 0 saturated carbocycles. The Morgan fingerprint density at radius 1 is 1.48 bits per heavy atom. The summed E-state index contributed by atoms with van der Waals surface area (Å²) in [6, 6.07) is 5.79. The van der Waals surface area contributed by atoms with Gasteiger partial charge in [0.2, 0.25) is 5.13 Å². The number of nitrogens with one attached hydrogen (secondary N) is 1. The molecular weight excluding hydrogens is 330 g/mol. The van der Waals surface area contributed by atoms with E-state index >= 15 is 0 Å². The van der Waals surface area contributed by atoms with Crippen molar-refractivity contribution in [1.29, 1.82) is 0 Å². The average molecular weight is 349 g/mol. The summed E-state index contributed by atoms with van der Waals surface area (Å²) in [5.74, 6) is 1.23. The summed E-state index contributed by atoms with van der Waals surface area (Å²) in [5.41, 5.74) is 2.16. The Balaban J connectivity index is 1.95. The molecule has 7 heteroatoms. The number of thioether (sulfide) groups is 1. The van der Waals surface area contributed by atoms with Crippen LogP contribution in [0.5, 0.6) is 5.75 Å². The number of benzene rings is 1. The van der Waals surface area contributed by atoms with Crippen LogP contribution in [0.1, 0.15) is 18.1 Å². The highest BCUT2D eigenvalue weighted by molar-refractivity contribution is 8.01. The third-order valence-electron chi connectivity index (χ3n) is 3.19. The molecule has 0 saturated heterocycles. The maximum atomic E-state index is 12.2. The minimum Gasteiger partial charge on any atom is -0.481 e. The van der Waals surface area contributed by atoms with Gasteiger partial charge in [-0.2, -0.15) is 0 Å². The second-order valence-corrected chi connectivity index (χ2v) is 7.16. The van der Waals surface area contributed by atoms with Crippen molar-refractivity contribution < 1.29 is 9.53 Å². The van der Waals surface area contributed by atoms with Crippen LogP contribution < -0.4 is 10.1 Å². The molecule has 23 heavy (non-hydrogen) atoms. The van der Waals surface area contributed by atoms with Gasteiger partial charge in [-0.05, 0) is 38.0 Å². The minimum atomic E-state index is -0.622. The van der Waals surface area contributed by atoms with E-state index in [1.54, 1.807) is 13.0 Å². The molecule has 2 aromatic rings. The molecule has 5 nitrogen and oxygen atoms in total. The zero-order valence-corrected chi connectivity index (χ0v) is 15.0. The number of hydrogen-bond acceptors (Lipinski definition) is 6. The van der Waals surface area contributed by atoms with Gasteiger partial charge in [0.15, 0.2) is 10.4 Å². The lowest BCUT2D eigenvalue weighted by atomic mass is 10.1. The van der Waals surface area contributed by atoms with Crippen molar-refractivity contribution in [2.45, 2.75) is 31.2 Å². The van der Waals surface area contributed by atoms with Gasteiger partial charge in [-0.3, -0.25) is 10.1 Å². The number of nitrogens with zero attached hydrogens (tertiary/aromatic N) is 2. The topological polar surface area (TPSA) is 64.1 Å². The summed E-state index contributed by atoms with van der Waals surface area (Å²) in [6.45, 7) is 9.36. The van der Waals surface area contributed by atoms with E-state index in [2.05, 4.69) is 22.1 Å². The van der Waals surface area contributed by atoms with E-state index in [4.69, 9.17) is 4.74 Å². The Bertz CT molecular complexity index is 700. The van der Waals surface area contributed by atoms with E-state index in [-0.39, 0.29) is 5.91 Å². The van der Waals surface area contributed by atoms with Crippen molar-refractivity contribution >= 4 is 34.1 Å². The molecule has 0 bridgehead atoms.